The summed E-state index contributed by atoms with van der Waals surface area (Å²) in [6.07, 6.45) is 7.67. The number of fused-ring (bicyclic) bond motifs is 1. The van der Waals surface area contributed by atoms with Crippen molar-refractivity contribution in [2.24, 2.45) is 0 Å². The molecule has 142 valence electrons. The lowest BCUT2D eigenvalue weighted by molar-refractivity contribution is -0.123. The van der Waals surface area contributed by atoms with Crippen LogP contribution < -0.4 is 9.80 Å². The quantitative estimate of drug-likeness (QED) is 0.467. The molecule has 1 aromatic carbocycles. The summed E-state index contributed by atoms with van der Waals surface area (Å²) < 4.78 is 0. The minimum absolute atomic E-state index is 0.0136. The number of hydrogen-bond donors (Lipinski definition) is 0. The summed E-state index contributed by atoms with van der Waals surface area (Å²) in [4.78, 5) is 28.9. The van der Waals surface area contributed by atoms with E-state index in [2.05, 4.69) is 20.9 Å². The zero-order valence-corrected chi connectivity index (χ0v) is 16.6. The first kappa shape index (κ1) is 17.7. The van der Waals surface area contributed by atoms with Crippen molar-refractivity contribution in [1.29, 1.82) is 0 Å². The van der Waals surface area contributed by atoms with Crippen molar-refractivity contribution in [1.82, 2.24) is 9.97 Å². The molecule has 0 radical (unpaired) electrons. The van der Waals surface area contributed by atoms with Crippen molar-refractivity contribution in [3.63, 3.8) is 0 Å². The summed E-state index contributed by atoms with van der Waals surface area (Å²) in [5.41, 5.74) is 1.62. The number of rotatable bonds is 2. The molecule has 5 rings (SSSR count). The third-order valence-electron chi connectivity index (χ3n) is 5.88. The lowest BCUT2D eigenvalue weighted by Crippen LogP contribution is -2.55. The summed E-state index contributed by atoms with van der Waals surface area (Å²) in [6.45, 7) is 9.02. The highest BCUT2D eigenvalue weighted by atomic mass is 32.1. The van der Waals surface area contributed by atoms with Crippen molar-refractivity contribution in [3.8, 4) is 0 Å². The summed E-state index contributed by atoms with van der Waals surface area (Å²) in [5, 5.41) is 2.56. The lowest BCUT2D eigenvalue weighted by atomic mass is 9.75. The molecule has 29 heavy (non-hydrogen) atoms. The Balaban J connectivity index is 1.62. The van der Waals surface area contributed by atoms with Gasteiger partial charge < -0.3 is 9.74 Å². The molecule has 0 N–H and O–H groups in total. The van der Waals surface area contributed by atoms with E-state index in [0.717, 1.165) is 41.3 Å². The van der Waals surface area contributed by atoms with Crippen LogP contribution >= 0.6 is 12.2 Å². The number of aryl methyl sites for hydroxylation is 1. The standard InChI is InChI=1S/C22H17N5OS/c1-14-10-18(13-25-19(14)23-2)26-20(28)22(7-3-8-22)27(21(26)29)17-5-4-16-12-24-9-6-15(16)11-17/h4-6,9-13H,3,7-8H2,1H3. The minimum Gasteiger partial charge on any atom is -0.360 e. The molecule has 1 amide bonds. The number of aromatic nitrogens is 2. The lowest BCUT2D eigenvalue weighted by Gasteiger charge is -2.43. The number of thiocarbonyl (C=S) groups is 1. The number of carbonyl (C=O) groups is 1. The van der Waals surface area contributed by atoms with Crippen LogP contribution in [-0.4, -0.2) is 26.5 Å². The van der Waals surface area contributed by atoms with Crippen molar-refractivity contribution in [2.75, 3.05) is 9.80 Å². The van der Waals surface area contributed by atoms with Crippen molar-refractivity contribution < 1.29 is 4.79 Å². The fourth-order valence-corrected chi connectivity index (χ4v) is 4.68. The minimum atomic E-state index is -0.635. The average molecular weight is 399 g/mol. The Bertz CT molecular complexity index is 1230. The van der Waals surface area contributed by atoms with Gasteiger partial charge in [-0.25, -0.2) is 0 Å². The first-order valence-corrected chi connectivity index (χ1v) is 9.83. The molecule has 3 heterocycles. The predicted molar refractivity (Wildman–Crippen MR) is 116 cm³/mol. The maximum Gasteiger partial charge on any atom is 0.272 e. The molecule has 6 nitrogen and oxygen atoms in total. The van der Waals surface area contributed by atoms with Crippen LogP contribution in [0.15, 0.2) is 48.9 Å². The number of benzene rings is 1. The van der Waals surface area contributed by atoms with E-state index in [1.807, 2.05) is 42.3 Å². The first-order chi connectivity index (χ1) is 14.0. The molecule has 1 aliphatic carbocycles. The van der Waals surface area contributed by atoms with Crippen LogP contribution in [0, 0.1) is 13.5 Å². The van der Waals surface area contributed by atoms with E-state index < -0.39 is 5.54 Å². The van der Waals surface area contributed by atoms with E-state index in [-0.39, 0.29) is 5.91 Å². The molecule has 1 saturated heterocycles. The van der Waals surface area contributed by atoms with Gasteiger partial charge in [-0.1, -0.05) is 12.6 Å². The molecule has 0 bridgehead atoms. The monoisotopic (exact) mass is 399 g/mol. The Morgan fingerprint density at radius 3 is 2.66 bits per heavy atom. The van der Waals surface area contributed by atoms with E-state index in [0.29, 0.717) is 16.6 Å². The topological polar surface area (TPSA) is 53.7 Å². The highest BCUT2D eigenvalue weighted by Crippen LogP contribution is 2.48. The predicted octanol–water partition coefficient (Wildman–Crippen LogP) is 4.55. The van der Waals surface area contributed by atoms with Gasteiger partial charge in [0.15, 0.2) is 5.11 Å². The molecule has 2 aliphatic rings. The Kier molecular flexibility index (Phi) is 3.86. The molecule has 1 saturated carbocycles. The van der Waals surface area contributed by atoms with Crippen molar-refractivity contribution in [2.45, 2.75) is 31.7 Å². The second kappa shape index (κ2) is 6.33. The maximum atomic E-state index is 13.5. The number of amides is 1. The molecule has 3 aromatic rings. The molecule has 2 aromatic heterocycles. The normalized spacial score (nSPS) is 17.7. The third-order valence-corrected chi connectivity index (χ3v) is 6.24. The second-order valence-electron chi connectivity index (χ2n) is 7.50. The molecular weight excluding hydrogens is 382 g/mol. The van der Waals surface area contributed by atoms with Gasteiger partial charge in [-0.15, -0.1) is 4.98 Å². The maximum absolute atomic E-state index is 13.5. The number of anilines is 2. The fraction of sp³-hybridized carbons (Fsp3) is 0.227. The molecule has 1 spiro atoms. The van der Waals surface area contributed by atoms with Crippen LogP contribution in [0.4, 0.5) is 17.2 Å². The largest absolute Gasteiger partial charge is 0.360 e. The Morgan fingerprint density at radius 1 is 1.14 bits per heavy atom. The zero-order valence-electron chi connectivity index (χ0n) is 15.8. The van der Waals surface area contributed by atoms with Gasteiger partial charge in [0.1, 0.15) is 11.7 Å². The van der Waals surface area contributed by atoms with Gasteiger partial charge in [0.25, 0.3) is 11.7 Å². The van der Waals surface area contributed by atoms with Gasteiger partial charge >= 0.3 is 0 Å². The van der Waals surface area contributed by atoms with Gasteiger partial charge in [0.2, 0.25) is 0 Å². The van der Waals surface area contributed by atoms with E-state index in [1.165, 1.54) is 0 Å². The van der Waals surface area contributed by atoms with Crippen LogP contribution in [0.2, 0.25) is 0 Å². The third kappa shape index (κ3) is 2.46. The highest BCUT2D eigenvalue weighted by molar-refractivity contribution is 7.81. The highest BCUT2D eigenvalue weighted by Gasteiger charge is 2.59. The van der Waals surface area contributed by atoms with E-state index in [1.54, 1.807) is 17.3 Å². The van der Waals surface area contributed by atoms with Crippen LogP contribution in [0.1, 0.15) is 24.8 Å². The average Bonchev–Trinajstić information content (AvgIpc) is 2.94. The summed E-state index contributed by atoms with van der Waals surface area (Å²) in [6, 6.07) is 9.84. The fourth-order valence-electron chi connectivity index (χ4n) is 4.21. The smallest absolute Gasteiger partial charge is 0.272 e. The summed E-state index contributed by atoms with van der Waals surface area (Å²) in [7, 11) is 0. The van der Waals surface area contributed by atoms with Crippen molar-refractivity contribution in [3.05, 3.63) is 65.9 Å². The number of nitrogens with zero attached hydrogens (tertiary/aromatic N) is 5. The molecule has 1 aliphatic heterocycles. The first-order valence-electron chi connectivity index (χ1n) is 9.42. The van der Waals surface area contributed by atoms with E-state index in [4.69, 9.17) is 18.8 Å². The molecule has 2 fully saturated rings. The summed E-state index contributed by atoms with van der Waals surface area (Å²) in [5.74, 6) is 0.324. The Hall–Kier alpha value is -3.37. The van der Waals surface area contributed by atoms with Crippen molar-refractivity contribution >= 4 is 51.2 Å². The van der Waals surface area contributed by atoms with Gasteiger partial charge in [-0.2, -0.15) is 0 Å². The zero-order chi connectivity index (χ0) is 20.2. The van der Waals surface area contributed by atoms with E-state index >= 15 is 0 Å². The van der Waals surface area contributed by atoms with E-state index in [9.17, 15) is 4.79 Å². The number of pyridine rings is 2. The van der Waals surface area contributed by atoms with Crippen LogP contribution in [0.3, 0.4) is 0 Å². The molecule has 0 unspecified atom stereocenters. The molecular formula is C22H17N5OS. The Labute approximate surface area is 173 Å². The van der Waals surface area contributed by atoms with Gasteiger partial charge in [-0.05, 0) is 73.6 Å². The van der Waals surface area contributed by atoms with Gasteiger partial charge in [0.05, 0.1) is 5.69 Å². The Morgan fingerprint density at radius 2 is 1.97 bits per heavy atom. The second-order valence-corrected chi connectivity index (χ2v) is 7.86. The van der Waals surface area contributed by atoms with Crippen LogP contribution in [-0.2, 0) is 4.79 Å². The van der Waals surface area contributed by atoms with Crippen LogP contribution in [0.25, 0.3) is 15.6 Å². The molecule has 7 heteroatoms. The number of hydrogen-bond acceptors (Lipinski definition) is 4. The summed E-state index contributed by atoms with van der Waals surface area (Å²) >= 11 is 5.81. The van der Waals surface area contributed by atoms with Gasteiger partial charge in [0, 0.05) is 23.5 Å². The van der Waals surface area contributed by atoms with Crippen LogP contribution in [0.5, 0.6) is 0 Å². The molecule has 0 atom stereocenters. The number of carbonyl (C=O) groups excluding carboxylic acids is 1. The SMILES string of the molecule is [C-]#[N+]c1ncc(N2C(=O)C3(CCC3)N(c3ccc4cnccc4c3)C2=S)cc1C. The van der Waals surface area contributed by atoms with Gasteiger partial charge in [-0.3, -0.25) is 14.7 Å².